The molecule has 142 valence electrons. The van der Waals surface area contributed by atoms with E-state index in [0.717, 1.165) is 30.3 Å². The molecule has 0 unspecified atom stereocenters. The van der Waals surface area contributed by atoms with E-state index in [0.29, 0.717) is 0 Å². The van der Waals surface area contributed by atoms with Crippen molar-refractivity contribution in [2.24, 2.45) is 0 Å². The Morgan fingerprint density at radius 2 is 1.44 bits per heavy atom. The molecule has 3 aromatic rings. The highest BCUT2D eigenvalue weighted by Gasteiger charge is 2.30. The summed E-state index contributed by atoms with van der Waals surface area (Å²) in [7, 11) is -4.15. The summed E-state index contributed by atoms with van der Waals surface area (Å²) in [5.74, 6) is 0. The smallest absolute Gasteiger partial charge is 0.316 e. The lowest BCUT2D eigenvalue weighted by molar-refractivity contribution is -0.137. The second kappa shape index (κ2) is 6.27. The molecule has 11 heteroatoms. The lowest BCUT2D eigenvalue weighted by Gasteiger charge is -2.12. The number of rotatable bonds is 3. The van der Waals surface area contributed by atoms with Crippen molar-refractivity contribution in [3.63, 3.8) is 0 Å². The largest absolute Gasteiger partial charge is 0.416 e. The molecule has 1 aromatic heterocycles. The molecule has 0 aliphatic heterocycles. The van der Waals surface area contributed by atoms with Crippen LogP contribution in [0.1, 0.15) is 11.1 Å². The molecule has 3 rings (SSSR count). The van der Waals surface area contributed by atoms with Crippen LogP contribution in [0, 0.1) is 6.92 Å². The van der Waals surface area contributed by atoms with E-state index in [4.69, 9.17) is 0 Å². The van der Waals surface area contributed by atoms with Crippen LogP contribution in [0.2, 0.25) is 0 Å². The van der Waals surface area contributed by atoms with E-state index < -0.39 is 32.9 Å². The Kier molecular flexibility index (Phi) is 4.34. The van der Waals surface area contributed by atoms with E-state index in [9.17, 15) is 31.2 Å². The minimum Gasteiger partial charge on any atom is -0.316 e. The quantitative estimate of drug-likeness (QED) is 0.587. The molecule has 7 nitrogen and oxygen atoms in total. The lowest BCUT2D eigenvalue weighted by atomic mass is 10.2. The minimum absolute atomic E-state index is 0.0579. The summed E-state index contributed by atoms with van der Waals surface area (Å²) in [5.41, 5.74) is -2.18. The number of alkyl halides is 3. The molecule has 2 aromatic carbocycles. The van der Waals surface area contributed by atoms with Crippen LogP contribution in [0.3, 0.4) is 0 Å². The van der Waals surface area contributed by atoms with Crippen molar-refractivity contribution in [2.75, 3.05) is 4.72 Å². The predicted molar refractivity (Wildman–Crippen MR) is 92.2 cm³/mol. The van der Waals surface area contributed by atoms with Crippen LogP contribution >= 0.6 is 0 Å². The van der Waals surface area contributed by atoms with Crippen molar-refractivity contribution in [3.8, 4) is 0 Å². The Balaban J connectivity index is 2.02. The van der Waals surface area contributed by atoms with E-state index in [2.05, 4.69) is 14.7 Å². The number of aryl methyl sites for hydroxylation is 1. The fourth-order valence-corrected chi connectivity index (χ4v) is 3.79. The maximum Gasteiger partial charge on any atom is 0.416 e. The summed E-state index contributed by atoms with van der Waals surface area (Å²) in [6, 6.07) is 6.04. The van der Waals surface area contributed by atoms with Crippen LogP contribution < -0.4 is 15.8 Å². The number of sulfonamides is 1. The Labute approximate surface area is 149 Å². The number of hydrogen-bond acceptors (Lipinski definition) is 4. The van der Waals surface area contributed by atoms with Crippen molar-refractivity contribution < 1.29 is 21.6 Å². The summed E-state index contributed by atoms with van der Waals surface area (Å²) >= 11 is 0. The number of hydrogen-bond donors (Lipinski definition) is 3. The summed E-state index contributed by atoms with van der Waals surface area (Å²) < 4.78 is 65.2. The number of aromatic nitrogens is 2. The third-order valence-electron chi connectivity index (χ3n) is 3.77. The van der Waals surface area contributed by atoms with Gasteiger partial charge in [0.1, 0.15) is 0 Å². The van der Waals surface area contributed by atoms with Crippen LogP contribution in [-0.2, 0) is 16.2 Å². The van der Waals surface area contributed by atoms with Crippen molar-refractivity contribution in [2.45, 2.75) is 18.0 Å². The third kappa shape index (κ3) is 3.72. The molecule has 0 bridgehead atoms. The van der Waals surface area contributed by atoms with Crippen LogP contribution in [0.5, 0.6) is 0 Å². The Hall–Kier alpha value is -3.08. The van der Waals surface area contributed by atoms with E-state index in [1.165, 1.54) is 13.0 Å². The minimum atomic E-state index is -4.53. The van der Waals surface area contributed by atoms with Gasteiger partial charge in [-0.2, -0.15) is 13.2 Å². The topological polar surface area (TPSA) is 112 Å². The first-order valence-electron chi connectivity index (χ1n) is 7.44. The molecule has 0 radical (unpaired) electrons. The highest BCUT2D eigenvalue weighted by atomic mass is 32.2. The normalized spacial score (nSPS) is 12.3. The van der Waals surface area contributed by atoms with E-state index in [1.54, 1.807) is 0 Å². The van der Waals surface area contributed by atoms with Crippen LogP contribution in [0.25, 0.3) is 11.0 Å². The number of H-pyrrole nitrogens is 2. The highest BCUT2D eigenvalue weighted by Crippen LogP contribution is 2.30. The molecule has 0 aliphatic carbocycles. The number of benzene rings is 2. The molecule has 0 saturated carbocycles. The van der Waals surface area contributed by atoms with Gasteiger partial charge in [-0.15, -0.1) is 0 Å². The summed E-state index contributed by atoms with van der Waals surface area (Å²) in [5, 5.41) is 0. The van der Waals surface area contributed by atoms with Gasteiger partial charge < -0.3 is 9.97 Å². The van der Waals surface area contributed by atoms with Gasteiger partial charge in [-0.3, -0.25) is 14.3 Å². The molecular weight excluding hydrogens is 387 g/mol. The zero-order chi connectivity index (χ0) is 20.0. The van der Waals surface area contributed by atoms with Gasteiger partial charge in [0.05, 0.1) is 21.5 Å². The second-order valence-corrected chi connectivity index (χ2v) is 7.40. The van der Waals surface area contributed by atoms with E-state index in [-0.39, 0.29) is 27.2 Å². The third-order valence-corrected chi connectivity index (χ3v) is 5.29. The van der Waals surface area contributed by atoms with Crippen molar-refractivity contribution in [3.05, 3.63) is 68.2 Å². The molecule has 0 aliphatic rings. The van der Waals surface area contributed by atoms with Gasteiger partial charge in [-0.1, -0.05) is 0 Å². The first-order valence-corrected chi connectivity index (χ1v) is 8.93. The average Bonchev–Trinajstić information content (AvgIpc) is 2.55. The maximum absolute atomic E-state index is 12.6. The maximum atomic E-state index is 12.6. The SMILES string of the molecule is Cc1cc2[nH]c(=O)c(=O)[nH]c2cc1S(=O)(=O)Nc1ccc(C(F)(F)F)cc1. The zero-order valence-corrected chi connectivity index (χ0v) is 14.5. The van der Waals surface area contributed by atoms with E-state index >= 15 is 0 Å². The Morgan fingerprint density at radius 3 is 1.96 bits per heavy atom. The number of nitrogens with one attached hydrogen (secondary N) is 3. The number of anilines is 1. The fourth-order valence-electron chi connectivity index (χ4n) is 2.48. The number of halogens is 3. The second-order valence-electron chi connectivity index (χ2n) is 5.75. The lowest BCUT2D eigenvalue weighted by Crippen LogP contribution is -2.29. The van der Waals surface area contributed by atoms with Crippen LogP contribution in [0.4, 0.5) is 18.9 Å². The zero-order valence-electron chi connectivity index (χ0n) is 13.6. The van der Waals surface area contributed by atoms with Crippen molar-refractivity contribution in [1.29, 1.82) is 0 Å². The van der Waals surface area contributed by atoms with Crippen LogP contribution in [0.15, 0.2) is 50.9 Å². The predicted octanol–water partition coefficient (Wildman–Crippen LogP) is 2.34. The Morgan fingerprint density at radius 1 is 0.926 bits per heavy atom. The fraction of sp³-hybridized carbons (Fsp3) is 0.125. The Bertz CT molecular complexity index is 1240. The summed E-state index contributed by atoms with van der Waals surface area (Å²) in [4.78, 5) is 27.2. The molecule has 27 heavy (non-hydrogen) atoms. The average molecular weight is 399 g/mol. The van der Waals surface area contributed by atoms with Crippen LogP contribution in [-0.4, -0.2) is 18.4 Å². The molecule has 3 N–H and O–H groups in total. The summed E-state index contributed by atoms with van der Waals surface area (Å²) in [6.45, 7) is 1.48. The first kappa shape index (κ1) is 18.7. The molecule has 0 saturated heterocycles. The molecule has 1 heterocycles. The molecule has 0 atom stereocenters. The monoisotopic (exact) mass is 399 g/mol. The van der Waals surface area contributed by atoms with E-state index in [1.807, 2.05) is 0 Å². The van der Waals surface area contributed by atoms with Gasteiger partial charge in [0.2, 0.25) is 0 Å². The van der Waals surface area contributed by atoms with Crippen molar-refractivity contribution >= 4 is 26.7 Å². The molecular formula is C16H12F3N3O4S. The summed E-state index contributed by atoms with van der Waals surface area (Å²) in [6.07, 6.45) is -4.53. The number of fused-ring (bicyclic) bond motifs is 1. The van der Waals surface area contributed by atoms with Gasteiger partial charge in [0, 0.05) is 5.69 Å². The van der Waals surface area contributed by atoms with Crippen molar-refractivity contribution in [1.82, 2.24) is 9.97 Å². The van der Waals surface area contributed by atoms with Gasteiger partial charge in [0.15, 0.2) is 0 Å². The standard InChI is InChI=1S/C16H12F3N3O4S/c1-8-6-11-12(21-15(24)14(23)20-11)7-13(8)27(25,26)22-10-4-2-9(3-5-10)16(17,18)19/h2-7,22H,1H3,(H,20,23)(H,21,24). The van der Waals surface area contributed by atoms with Gasteiger partial charge in [-0.25, -0.2) is 8.42 Å². The number of aromatic amines is 2. The molecule has 0 amide bonds. The highest BCUT2D eigenvalue weighted by molar-refractivity contribution is 7.92. The first-order chi connectivity index (χ1) is 12.5. The molecule has 0 spiro atoms. The van der Waals surface area contributed by atoms with Gasteiger partial charge in [0.25, 0.3) is 10.0 Å². The van der Waals surface area contributed by atoms with Gasteiger partial charge >= 0.3 is 17.3 Å². The van der Waals surface area contributed by atoms with Gasteiger partial charge in [-0.05, 0) is 48.9 Å². The molecule has 0 fully saturated rings.